The van der Waals surface area contributed by atoms with E-state index in [1.165, 1.54) is 31.2 Å². The van der Waals surface area contributed by atoms with E-state index in [0.29, 0.717) is 0 Å². The molecule has 0 spiro atoms. The average molecular weight is 249 g/mol. The van der Waals surface area contributed by atoms with E-state index in [4.69, 9.17) is 4.74 Å². The Balaban J connectivity index is 1.82. The first kappa shape index (κ1) is 15.2. The summed E-state index contributed by atoms with van der Waals surface area (Å²) >= 11 is 0. The van der Waals surface area contributed by atoms with Gasteiger partial charge in [0.05, 0.1) is 13.2 Å². The molecule has 18 heavy (non-hydrogen) atoms. The first-order valence-electron chi connectivity index (χ1n) is 7.26. The second kappa shape index (κ2) is 11.2. The van der Waals surface area contributed by atoms with Crippen LogP contribution in [0.4, 0.5) is 0 Å². The van der Waals surface area contributed by atoms with Crippen molar-refractivity contribution in [2.75, 3.05) is 26.3 Å². The van der Waals surface area contributed by atoms with Crippen LogP contribution in [0.1, 0.15) is 38.2 Å². The molecule has 1 N–H and O–H groups in total. The Hall–Kier alpha value is -0.860. The molecule has 2 heteroatoms. The van der Waals surface area contributed by atoms with Gasteiger partial charge in [-0.05, 0) is 24.9 Å². The van der Waals surface area contributed by atoms with Gasteiger partial charge in [-0.3, -0.25) is 0 Å². The Morgan fingerprint density at radius 2 is 1.78 bits per heavy atom. The molecule has 0 amide bonds. The van der Waals surface area contributed by atoms with Gasteiger partial charge in [-0.2, -0.15) is 0 Å². The largest absolute Gasteiger partial charge is 0.380 e. The van der Waals surface area contributed by atoms with E-state index in [-0.39, 0.29) is 0 Å². The molecule has 0 bridgehead atoms. The fraction of sp³-hybridized carbons (Fsp3) is 0.625. The number of ether oxygens (including phenoxy) is 1. The minimum absolute atomic E-state index is 0.820. The van der Waals surface area contributed by atoms with Gasteiger partial charge < -0.3 is 10.1 Å². The van der Waals surface area contributed by atoms with Crippen LogP contribution >= 0.6 is 0 Å². The van der Waals surface area contributed by atoms with Crippen molar-refractivity contribution in [2.24, 2.45) is 0 Å². The molecule has 0 radical (unpaired) electrons. The molecule has 0 saturated heterocycles. The van der Waals surface area contributed by atoms with E-state index >= 15 is 0 Å². The molecular weight excluding hydrogens is 222 g/mol. The molecule has 0 aliphatic carbocycles. The third kappa shape index (κ3) is 8.26. The Labute approximate surface area is 112 Å². The van der Waals surface area contributed by atoms with Crippen molar-refractivity contribution in [3.8, 4) is 0 Å². The summed E-state index contributed by atoms with van der Waals surface area (Å²) in [6, 6.07) is 10.5. The molecule has 2 nitrogen and oxygen atoms in total. The van der Waals surface area contributed by atoms with Gasteiger partial charge in [-0.1, -0.05) is 56.5 Å². The minimum atomic E-state index is 0.820. The van der Waals surface area contributed by atoms with E-state index in [0.717, 1.165) is 32.7 Å². The lowest BCUT2D eigenvalue weighted by Gasteiger charge is -2.06. The third-order valence-corrected chi connectivity index (χ3v) is 3.01. The van der Waals surface area contributed by atoms with Crippen molar-refractivity contribution in [3.63, 3.8) is 0 Å². The molecule has 102 valence electrons. The summed E-state index contributed by atoms with van der Waals surface area (Å²) < 4.78 is 5.60. The Kier molecular flexibility index (Phi) is 9.49. The standard InChI is InChI=1S/C16H27NO/c1-2-3-4-8-12-17-13-15-18-14-11-16-9-6-5-7-10-16/h5-7,9-10,17H,2-4,8,11-15H2,1H3. The van der Waals surface area contributed by atoms with Crippen molar-refractivity contribution in [1.29, 1.82) is 0 Å². The molecule has 1 aromatic carbocycles. The summed E-state index contributed by atoms with van der Waals surface area (Å²) in [5.74, 6) is 0. The van der Waals surface area contributed by atoms with Crippen LogP contribution in [0.2, 0.25) is 0 Å². The van der Waals surface area contributed by atoms with E-state index in [2.05, 4.69) is 36.5 Å². The fourth-order valence-electron chi connectivity index (χ4n) is 1.88. The Morgan fingerprint density at radius 1 is 0.944 bits per heavy atom. The van der Waals surface area contributed by atoms with E-state index in [1.54, 1.807) is 0 Å². The van der Waals surface area contributed by atoms with Crippen LogP contribution in [0, 0.1) is 0 Å². The van der Waals surface area contributed by atoms with Crippen LogP contribution in [0.15, 0.2) is 30.3 Å². The molecule has 0 heterocycles. The number of benzene rings is 1. The fourth-order valence-corrected chi connectivity index (χ4v) is 1.88. The normalized spacial score (nSPS) is 10.7. The SMILES string of the molecule is CCCCCCNCCOCCc1ccccc1. The molecule has 1 rings (SSSR count). The lowest BCUT2D eigenvalue weighted by molar-refractivity contribution is 0.139. The molecule has 0 saturated carbocycles. The second-order valence-corrected chi connectivity index (χ2v) is 4.66. The summed E-state index contributed by atoms with van der Waals surface area (Å²) in [7, 11) is 0. The topological polar surface area (TPSA) is 21.3 Å². The first-order valence-corrected chi connectivity index (χ1v) is 7.26. The average Bonchev–Trinajstić information content (AvgIpc) is 2.42. The maximum atomic E-state index is 5.60. The molecule has 0 aromatic heterocycles. The van der Waals surface area contributed by atoms with Crippen LogP contribution in [0.5, 0.6) is 0 Å². The Morgan fingerprint density at radius 3 is 2.56 bits per heavy atom. The maximum absolute atomic E-state index is 5.60. The lowest BCUT2D eigenvalue weighted by atomic mass is 10.2. The quantitative estimate of drug-likeness (QED) is 0.607. The van der Waals surface area contributed by atoms with Gasteiger partial charge in [0.1, 0.15) is 0 Å². The van der Waals surface area contributed by atoms with Crippen molar-refractivity contribution < 1.29 is 4.74 Å². The first-order chi connectivity index (χ1) is 8.93. The zero-order valence-electron chi connectivity index (χ0n) is 11.7. The Bertz CT molecular complexity index is 274. The zero-order chi connectivity index (χ0) is 12.9. The van der Waals surface area contributed by atoms with Gasteiger partial charge in [-0.15, -0.1) is 0 Å². The van der Waals surface area contributed by atoms with Crippen LogP contribution in [-0.2, 0) is 11.2 Å². The zero-order valence-corrected chi connectivity index (χ0v) is 11.7. The molecule has 0 fully saturated rings. The highest BCUT2D eigenvalue weighted by atomic mass is 16.5. The number of nitrogens with one attached hydrogen (secondary N) is 1. The minimum Gasteiger partial charge on any atom is -0.380 e. The molecule has 0 aliphatic heterocycles. The van der Waals surface area contributed by atoms with Crippen LogP contribution in [0.3, 0.4) is 0 Å². The number of hydrogen-bond acceptors (Lipinski definition) is 2. The van der Waals surface area contributed by atoms with Crippen molar-refractivity contribution in [3.05, 3.63) is 35.9 Å². The van der Waals surface area contributed by atoms with E-state index in [9.17, 15) is 0 Å². The predicted molar refractivity (Wildman–Crippen MR) is 78.0 cm³/mol. The van der Waals surface area contributed by atoms with Crippen LogP contribution in [-0.4, -0.2) is 26.3 Å². The second-order valence-electron chi connectivity index (χ2n) is 4.66. The smallest absolute Gasteiger partial charge is 0.0591 e. The van der Waals surface area contributed by atoms with Crippen molar-refractivity contribution in [1.82, 2.24) is 5.32 Å². The summed E-state index contributed by atoms with van der Waals surface area (Å²) in [4.78, 5) is 0. The summed E-state index contributed by atoms with van der Waals surface area (Å²) in [6.45, 7) is 5.99. The van der Waals surface area contributed by atoms with Gasteiger partial charge in [0.15, 0.2) is 0 Å². The van der Waals surface area contributed by atoms with Crippen LogP contribution < -0.4 is 5.32 Å². The molecular formula is C16H27NO. The lowest BCUT2D eigenvalue weighted by Crippen LogP contribution is -2.21. The van der Waals surface area contributed by atoms with E-state index < -0.39 is 0 Å². The van der Waals surface area contributed by atoms with Gasteiger partial charge in [0, 0.05) is 6.54 Å². The summed E-state index contributed by atoms with van der Waals surface area (Å²) in [5.41, 5.74) is 1.35. The molecule has 0 unspecified atom stereocenters. The highest BCUT2D eigenvalue weighted by Gasteiger charge is 1.92. The molecule has 1 aromatic rings. The molecule has 0 atom stereocenters. The summed E-state index contributed by atoms with van der Waals surface area (Å²) in [6.07, 6.45) is 6.31. The van der Waals surface area contributed by atoms with E-state index in [1.807, 2.05) is 6.07 Å². The predicted octanol–water partition coefficient (Wildman–Crippen LogP) is 3.42. The monoisotopic (exact) mass is 249 g/mol. The van der Waals surface area contributed by atoms with Gasteiger partial charge in [-0.25, -0.2) is 0 Å². The maximum Gasteiger partial charge on any atom is 0.0591 e. The highest BCUT2D eigenvalue weighted by molar-refractivity contribution is 5.14. The van der Waals surface area contributed by atoms with Gasteiger partial charge in [0.2, 0.25) is 0 Å². The van der Waals surface area contributed by atoms with Crippen molar-refractivity contribution in [2.45, 2.75) is 39.0 Å². The third-order valence-electron chi connectivity index (χ3n) is 3.01. The van der Waals surface area contributed by atoms with Crippen molar-refractivity contribution >= 4 is 0 Å². The number of rotatable bonds is 11. The van der Waals surface area contributed by atoms with Gasteiger partial charge in [0.25, 0.3) is 0 Å². The van der Waals surface area contributed by atoms with Gasteiger partial charge >= 0.3 is 0 Å². The number of unbranched alkanes of at least 4 members (excludes halogenated alkanes) is 3. The number of hydrogen-bond donors (Lipinski definition) is 1. The molecule has 0 aliphatic rings. The highest BCUT2D eigenvalue weighted by Crippen LogP contribution is 1.99. The summed E-state index contributed by atoms with van der Waals surface area (Å²) in [5, 5.41) is 3.42. The van der Waals surface area contributed by atoms with Crippen LogP contribution in [0.25, 0.3) is 0 Å².